The number of aliphatic hydroxyl groups excluding tert-OH is 1. The molecule has 1 aliphatic rings. The molecule has 2 N–H and O–H groups in total. The van der Waals surface area contributed by atoms with Gasteiger partial charge in [0.05, 0.1) is 19.1 Å². The fourth-order valence-electron chi connectivity index (χ4n) is 2.74. The molecular weight excluding hydrogens is 311 g/mol. The number of benzene rings is 1. The van der Waals surface area contributed by atoms with E-state index in [2.05, 4.69) is 17.1 Å². The normalized spacial score (nSPS) is 17.5. The van der Waals surface area contributed by atoms with E-state index in [0.717, 1.165) is 31.8 Å². The minimum Gasteiger partial charge on any atom is -0.490 e. The van der Waals surface area contributed by atoms with Gasteiger partial charge in [-0.1, -0.05) is 19.1 Å². The summed E-state index contributed by atoms with van der Waals surface area (Å²) in [6.45, 7) is 5.17. The van der Waals surface area contributed by atoms with Crippen molar-refractivity contribution in [2.45, 2.75) is 32.3 Å². The summed E-state index contributed by atoms with van der Waals surface area (Å²) in [4.78, 5) is 14.0. The van der Waals surface area contributed by atoms with Crippen LogP contribution in [-0.2, 0) is 4.79 Å². The van der Waals surface area contributed by atoms with Gasteiger partial charge in [-0.05, 0) is 44.0 Å². The molecule has 1 aliphatic heterocycles. The van der Waals surface area contributed by atoms with Crippen molar-refractivity contribution in [3.8, 4) is 5.75 Å². The maximum atomic E-state index is 13.4. The first-order valence-electron chi connectivity index (χ1n) is 8.59. The second-order valence-electron chi connectivity index (χ2n) is 6.47. The van der Waals surface area contributed by atoms with E-state index in [1.807, 2.05) is 0 Å². The van der Waals surface area contributed by atoms with Gasteiger partial charge in [0.2, 0.25) is 5.91 Å². The Balaban J connectivity index is 1.58. The second-order valence-corrected chi connectivity index (χ2v) is 6.47. The van der Waals surface area contributed by atoms with Crippen LogP contribution in [0.1, 0.15) is 26.2 Å². The Morgan fingerprint density at radius 3 is 2.83 bits per heavy atom. The lowest BCUT2D eigenvalue weighted by Crippen LogP contribution is -2.43. The number of aliphatic hydroxyl groups is 1. The third-order valence-corrected chi connectivity index (χ3v) is 4.30. The highest BCUT2D eigenvalue weighted by Crippen LogP contribution is 2.16. The number of likely N-dealkylation sites (tertiary alicyclic amines) is 1. The number of nitrogens with zero attached hydrogens (tertiary/aromatic N) is 1. The van der Waals surface area contributed by atoms with Crippen LogP contribution in [0, 0.1) is 11.7 Å². The standard InChI is InChI=1S/C18H27FN2O3/c1-14-6-9-21(10-7-14)13-15(22)12-20-18(23)8-11-24-17-5-3-2-4-16(17)19/h2-5,14-15,22H,6-13H2,1H3,(H,20,23). The number of rotatable bonds is 8. The molecule has 0 spiro atoms. The average molecular weight is 338 g/mol. The van der Waals surface area contributed by atoms with Crippen molar-refractivity contribution in [3.05, 3.63) is 30.1 Å². The summed E-state index contributed by atoms with van der Waals surface area (Å²) in [7, 11) is 0. The lowest BCUT2D eigenvalue weighted by Gasteiger charge is -2.31. The number of para-hydroxylation sites is 1. The first-order chi connectivity index (χ1) is 11.5. The molecule has 5 nitrogen and oxygen atoms in total. The number of carbonyl (C=O) groups excluding carboxylic acids is 1. The van der Waals surface area contributed by atoms with Crippen LogP contribution in [0.25, 0.3) is 0 Å². The lowest BCUT2D eigenvalue weighted by atomic mass is 9.99. The van der Waals surface area contributed by atoms with E-state index in [1.54, 1.807) is 12.1 Å². The molecule has 6 heteroatoms. The maximum absolute atomic E-state index is 13.4. The molecule has 1 saturated heterocycles. The van der Waals surface area contributed by atoms with E-state index in [9.17, 15) is 14.3 Å². The number of carbonyl (C=O) groups is 1. The lowest BCUT2D eigenvalue weighted by molar-refractivity contribution is -0.122. The Labute approximate surface area is 142 Å². The number of β-amino-alcohol motifs (C(OH)–C–C–N with tert-alkyl or cyclic N) is 1. The summed E-state index contributed by atoms with van der Waals surface area (Å²) in [6.07, 6.45) is 1.87. The van der Waals surface area contributed by atoms with Gasteiger partial charge in [-0.25, -0.2) is 4.39 Å². The fraction of sp³-hybridized carbons (Fsp3) is 0.611. The van der Waals surface area contributed by atoms with Crippen molar-refractivity contribution in [1.82, 2.24) is 10.2 Å². The van der Waals surface area contributed by atoms with Crippen molar-refractivity contribution >= 4 is 5.91 Å². The molecule has 1 atom stereocenters. The predicted molar refractivity (Wildman–Crippen MR) is 90.4 cm³/mol. The molecule has 0 saturated carbocycles. The minimum absolute atomic E-state index is 0.104. The summed E-state index contributed by atoms with van der Waals surface area (Å²) < 4.78 is 18.6. The van der Waals surface area contributed by atoms with Gasteiger partial charge in [0.1, 0.15) is 0 Å². The van der Waals surface area contributed by atoms with Crippen LogP contribution in [0.5, 0.6) is 5.75 Å². The molecule has 2 rings (SSSR count). The highest BCUT2D eigenvalue weighted by atomic mass is 19.1. The van der Waals surface area contributed by atoms with E-state index in [-0.39, 0.29) is 31.2 Å². The monoisotopic (exact) mass is 338 g/mol. The molecule has 1 aromatic carbocycles. The Morgan fingerprint density at radius 1 is 1.42 bits per heavy atom. The van der Waals surface area contributed by atoms with E-state index in [4.69, 9.17) is 4.74 Å². The molecular formula is C18H27FN2O3. The highest BCUT2D eigenvalue weighted by Gasteiger charge is 2.18. The summed E-state index contributed by atoms with van der Waals surface area (Å²) in [5.74, 6) is 0.249. The summed E-state index contributed by atoms with van der Waals surface area (Å²) in [5, 5.41) is 12.7. The van der Waals surface area contributed by atoms with E-state index in [1.165, 1.54) is 12.1 Å². The number of nitrogens with one attached hydrogen (secondary N) is 1. The smallest absolute Gasteiger partial charge is 0.223 e. The third-order valence-electron chi connectivity index (χ3n) is 4.30. The summed E-state index contributed by atoms with van der Waals surface area (Å²) >= 11 is 0. The van der Waals surface area contributed by atoms with Crippen LogP contribution in [0.4, 0.5) is 4.39 Å². The summed E-state index contributed by atoms with van der Waals surface area (Å²) in [5.41, 5.74) is 0. The Kier molecular flexibility index (Phi) is 7.46. The first-order valence-corrected chi connectivity index (χ1v) is 8.59. The molecule has 134 valence electrons. The molecule has 0 aliphatic carbocycles. The molecule has 0 radical (unpaired) electrons. The topological polar surface area (TPSA) is 61.8 Å². The largest absolute Gasteiger partial charge is 0.490 e. The zero-order valence-corrected chi connectivity index (χ0v) is 14.2. The molecule has 1 unspecified atom stereocenters. The number of ether oxygens (including phenoxy) is 1. The Hall–Kier alpha value is -1.66. The zero-order valence-electron chi connectivity index (χ0n) is 14.2. The van der Waals surface area contributed by atoms with E-state index < -0.39 is 11.9 Å². The second kappa shape index (κ2) is 9.59. The van der Waals surface area contributed by atoms with Crippen molar-refractivity contribution in [2.24, 2.45) is 5.92 Å². The van der Waals surface area contributed by atoms with Crippen LogP contribution in [0.3, 0.4) is 0 Å². The molecule has 24 heavy (non-hydrogen) atoms. The van der Waals surface area contributed by atoms with Crippen LogP contribution >= 0.6 is 0 Å². The third kappa shape index (κ3) is 6.45. The van der Waals surface area contributed by atoms with Crippen LogP contribution < -0.4 is 10.1 Å². The van der Waals surface area contributed by atoms with Gasteiger partial charge in [0.15, 0.2) is 11.6 Å². The quantitative estimate of drug-likeness (QED) is 0.759. The molecule has 1 heterocycles. The van der Waals surface area contributed by atoms with Gasteiger partial charge in [-0.3, -0.25) is 4.79 Å². The molecule has 0 aromatic heterocycles. The van der Waals surface area contributed by atoms with E-state index in [0.29, 0.717) is 6.54 Å². The number of hydrogen-bond donors (Lipinski definition) is 2. The van der Waals surface area contributed by atoms with Gasteiger partial charge >= 0.3 is 0 Å². The predicted octanol–water partition coefficient (Wildman–Crippen LogP) is 1.80. The molecule has 1 aromatic rings. The molecule has 1 amide bonds. The fourth-order valence-corrected chi connectivity index (χ4v) is 2.74. The van der Waals surface area contributed by atoms with Crippen molar-refractivity contribution in [2.75, 3.05) is 32.8 Å². The molecule has 1 fully saturated rings. The van der Waals surface area contributed by atoms with Gasteiger partial charge in [0.25, 0.3) is 0 Å². The minimum atomic E-state index is -0.574. The molecule has 0 bridgehead atoms. The first kappa shape index (κ1) is 18.7. The van der Waals surface area contributed by atoms with Gasteiger partial charge in [-0.15, -0.1) is 0 Å². The zero-order chi connectivity index (χ0) is 17.4. The number of amides is 1. The van der Waals surface area contributed by atoms with Crippen LogP contribution in [0.2, 0.25) is 0 Å². The van der Waals surface area contributed by atoms with Crippen molar-refractivity contribution in [3.63, 3.8) is 0 Å². The van der Waals surface area contributed by atoms with Crippen LogP contribution in [-0.4, -0.2) is 54.8 Å². The average Bonchev–Trinajstić information content (AvgIpc) is 2.57. The SMILES string of the molecule is CC1CCN(CC(O)CNC(=O)CCOc2ccccc2F)CC1. The number of piperidine rings is 1. The maximum Gasteiger partial charge on any atom is 0.223 e. The van der Waals surface area contributed by atoms with Crippen LogP contribution in [0.15, 0.2) is 24.3 Å². The van der Waals surface area contributed by atoms with E-state index >= 15 is 0 Å². The Bertz CT molecular complexity index is 519. The summed E-state index contributed by atoms with van der Waals surface area (Å²) in [6, 6.07) is 6.10. The number of halogens is 1. The van der Waals surface area contributed by atoms with Gasteiger partial charge in [0, 0.05) is 13.1 Å². The Morgan fingerprint density at radius 2 is 2.12 bits per heavy atom. The van der Waals surface area contributed by atoms with Crippen molar-refractivity contribution < 1.29 is 19.0 Å². The van der Waals surface area contributed by atoms with Gasteiger partial charge < -0.3 is 20.1 Å². The highest BCUT2D eigenvalue weighted by molar-refractivity contribution is 5.76. The van der Waals surface area contributed by atoms with Crippen molar-refractivity contribution in [1.29, 1.82) is 0 Å². The van der Waals surface area contributed by atoms with Gasteiger partial charge in [-0.2, -0.15) is 0 Å². The number of hydrogen-bond acceptors (Lipinski definition) is 4.